The third-order valence-corrected chi connectivity index (χ3v) is 2.84. The minimum Gasteiger partial charge on any atom is -0.363 e. The third-order valence-electron chi connectivity index (χ3n) is 2.84. The van der Waals surface area contributed by atoms with E-state index in [1.165, 1.54) is 5.56 Å². The maximum Gasteiger partial charge on any atom is 0.285 e. The molecule has 2 unspecified atom stereocenters. The molecule has 0 spiro atoms. The molecule has 1 aromatic carbocycles. The average Bonchev–Trinajstić information content (AvgIpc) is 2.97. The van der Waals surface area contributed by atoms with Gasteiger partial charge in [-0.2, -0.15) is 0 Å². The molecule has 15 heavy (non-hydrogen) atoms. The number of nitrogens with two attached hydrogens (primary N) is 1. The normalized spacial score (nSPS) is 23.5. The number of amides is 1. The molecule has 0 aliphatic heterocycles. The topological polar surface area (TPSA) is 60.2 Å². The largest absolute Gasteiger partial charge is 0.363 e. The molecule has 1 amide bonds. The van der Waals surface area contributed by atoms with Crippen LogP contribution in [0.25, 0.3) is 0 Å². The Morgan fingerprint density at radius 2 is 1.93 bits per heavy atom. The van der Waals surface area contributed by atoms with E-state index in [1.807, 2.05) is 30.3 Å². The van der Waals surface area contributed by atoms with Gasteiger partial charge in [0.2, 0.25) is 5.78 Å². The highest BCUT2D eigenvalue weighted by molar-refractivity contribution is 6.37. The summed E-state index contributed by atoms with van der Waals surface area (Å²) in [7, 11) is 0. The van der Waals surface area contributed by atoms with Gasteiger partial charge in [-0.05, 0) is 24.3 Å². The van der Waals surface area contributed by atoms with Crippen LogP contribution in [0.15, 0.2) is 30.3 Å². The summed E-state index contributed by atoms with van der Waals surface area (Å²) in [5.74, 6) is -1.01. The molecule has 78 valence electrons. The van der Waals surface area contributed by atoms with Gasteiger partial charge in [0.15, 0.2) is 0 Å². The number of hydrogen-bond donors (Lipinski definition) is 1. The van der Waals surface area contributed by atoms with Gasteiger partial charge in [-0.1, -0.05) is 30.3 Å². The fraction of sp³-hybridized carbons (Fsp3) is 0.333. The van der Waals surface area contributed by atoms with Crippen LogP contribution in [0.5, 0.6) is 0 Å². The van der Waals surface area contributed by atoms with E-state index in [1.54, 1.807) is 0 Å². The van der Waals surface area contributed by atoms with E-state index in [4.69, 9.17) is 5.73 Å². The monoisotopic (exact) mass is 203 g/mol. The molecule has 1 fully saturated rings. The second-order valence-corrected chi connectivity index (χ2v) is 4.02. The molecule has 2 rings (SSSR count). The number of ketones is 1. The van der Waals surface area contributed by atoms with Crippen molar-refractivity contribution in [2.75, 3.05) is 0 Å². The SMILES string of the molecule is NC(=O)C(=O)C1CC1Cc1ccccc1. The minimum absolute atomic E-state index is 0.122. The van der Waals surface area contributed by atoms with E-state index < -0.39 is 11.7 Å². The van der Waals surface area contributed by atoms with E-state index in [0.717, 1.165) is 12.8 Å². The highest BCUT2D eigenvalue weighted by atomic mass is 16.2. The first kappa shape index (κ1) is 9.90. The fourth-order valence-electron chi connectivity index (χ4n) is 1.89. The van der Waals surface area contributed by atoms with E-state index in [2.05, 4.69) is 0 Å². The van der Waals surface area contributed by atoms with E-state index >= 15 is 0 Å². The Kier molecular flexibility index (Phi) is 2.54. The van der Waals surface area contributed by atoms with Crippen molar-refractivity contribution in [3.63, 3.8) is 0 Å². The van der Waals surface area contributed by atoms with Crippen LogP contribution < -0.4 is 5.73 Å². The van der Waals surface area contributed by atoms with Gasteiger partial charge < -0.3 is 5.73 Å². The summed E-state index contributed by atoms with van der Waals surface area (Å²) in [6, 6.07) is 9.97. The predicted octanol–water partition coefficient (Wildman–Crippen LogP) is 0.920. The molecule has 0 radical (unpaired) electrons. The van der Waals surface area contributed by atoms with E-state index in [9.17, 15) is 9.59 Å². The van der Waals surface area contributed by atoms with Gasteiger partial charge in [0.05, 0.1) is 0 Å². The minimum atomic E-state index is -0.796. The van der Waals surface area contributed by atoms with Crippen molar-refractivity contribution in [3.05, 3.63) is 35.9 Å². The zero-order valence-electron chi connectivity index (χ0n) is 8.35. The van der Waals surface area contributed by atoms with Crippen LogP contribution in [-0.4, -0.2) is 11.7 Å². The van der Waals surface area contributed by atoms with Crippen LogP contribution >= 0.6 is 0 Å². The van der Waals surface area contributed by atoms with Crippen LogP contribution in [0.2, 0.25) is 0 Å². The van der Waals surface area contributed by atoms with Crippen LogP contribution in [0, 0.1) is 11.8 Å². The van der Waals surface area contributed by atoms with Gasteiger partial charge in [-0.25, -0.2) is 0 Å². The zero-order valence-corrected chi connectivity index (χ0v) is 8.35. The molecule has 2 N–H and O–H groups in total. The molecule has 1 aliphatic carbocycles. The molecule has 3 nitrogen and oxygen atoms in total. The molecule has 2 atom stereocenters. The molecular weight excluding hydrogens is 190 g/mol. The quantitative estimate of drug-likeness (QED) is 0.740. The number of carbonyl (C=O) groups excluding carboxylic acids is 2. The zero-order chi connectivity index (χ0) is 10.8. The Morgan fingerprint density at radius 3 is 2.53 bits per heavy atom. The van der Waals surface area contributed by atoms with E-state index in [-0.39, 0.29) is 5.92 Å². The second-order valence-electron chi connectivity index (χ2n) is 4.02. The fourth-order valence-corrected chi connectivity index (χ4v) is 1.89. The van der Waals surface area contributed by atoms with E-state index in [0.29, 0.717) is 5.92 Å². The lowest BCUT2D eigenvalue weighted by Crippen LogP contribution is -2.25. The summed E-state index contributed by atoms with van der Waals surface area (Å²) in [5.41, 5.74) is 6.15. The first-order chi connectivity index (χ1) is 7.18. The van der Waals surface area contributed by atoms with Crippen LogP contribution in [-0.2, 0) is 16.0 Å². The summed E-state index contributed by atoms with van der Waals surface area (Å²) < 4.78 is 0. The average molecular weight is 203 g/mol. The summed E-state index contributed by atoms with van der Waals surface area (Å²) in [6.07, 6.45) is 1.67. The number of benzene rings is 1. The number of Topliss-reactive ketones (excluding diaryl/α,β-unsaturated/α-hetero) is 1. The number of hydrogen-bond acceptors (Lipinski definition) is 2. The lowest BCUT2D eigenvalue weighted by Gasteiger charge is -1.98. The van der Waals surface area contributed by atoms with Crippen molar-refractivity contribution in [2.45, 2.75) is 12.8 Å². The molecule has 0 aromatic heterocycles. The molecule has 3 heteroatoms. The summed E-state index contributed by atoms with van der Waals surface area (Å²) in [4.78, 5) is 21.9. The maximum atomic E-state index is 11.2. The van der Waals surface area contributed by atoms with Crippen molar-refractivity contribution in [3.8, 4) is 0 Å². The predicted molar refractivity (Wildman–Crippen MR) is 55.9 cm³/mol. The molecule has 0 bridgehead atoms. The highest BCUT2D eigenvalue weighted by Gasteiger charge is 2.44. The van der Waals surface area contributed by atoms with Gasteiger partial charge in [0.25, 0.3) is 5.91 Å². The summed E-state index contributed by atoms with van der Waals surface area (Å²) in [5, 5.41) is 0. The Morgan fingerprint density at radius 1 is 1.27 bits per heavy atom. The lowest BCUT2D eigenvalue weighted by atomic mass is 10.1. The summed E-state index contributed by atoms with van der Waals surface area (Å²) in [6.45, 7) is 0. The first-order valence-corrected chi connectivity index (χ1v) is 5.06. The summed E-state index contributed by atoms with van der Waals surface area (Å²) >= 11 is 0. The van der Waals surface area contributed by atoms with Crippen molar-refractivity contribution in [1.29, 1.82) is 0 Å². The molecular formula is C12H13NO2. The van der Waals surface area contributed by atoms with Gasteiger partial charge in [-0.3, -0.25) is 9.59 Å². The van der Waals surface area contributed by atoms with Gasteiger partial charge in [0.1, 0.15) is 0 Å². The van der Waals surface area contributed by atoms with Gasteiger partial charge in [0, 0.05) is 5.92 Å². The van der Waals surface area contributed by atoms with Crippen molar-refractivity contribution < 1.29 is 9.59 Å². The van der Waals surface area contributed by atoms with Gasteiger partial charge >= 0.3 is 0 Å². The molecule has 1 aliphatic rings. The second kappa shape index (κ2) is 3.85. The number of primary amides is 1. The van der Waals surface area contributed by atoms with Crippen molar-refractivity contribution in [2.24, 2.45) is 17.6 Å². The lowest BCUT2D eigenvalue weighted by molar-refractivity contribution is -0.136. The number of rotatable bonds is 4. The molecule has 1 saturated carbocycles. The highest BCUT2D eigenvalue weighted by Crippen LogP contribution is 2.41. The molecule has 0 saturated heterocycles. The Hall–Kier alpha value is -1.64. The standard InChI is InChI=1S/C12H13NO2/c13-12(15)11(14)10-7-9(10)6-8-4-2-1-3-5-8/h1-5,9-10H,6-7H2,(H2,13,15). The smallest absolute Gasteiger partial charge is 0.285 e. The van der Waals surface area contributed by atoms with Crippen LogP contribution in [0.1, 0.15) is 12.0 Å². The third kappa shape index (κ3) is 2.24. The molecule has 0 heterocycles. The Labute approximate surface area is 88.3 Å². The Bertz CT molecular complexity index is 386. The van der Waals surface area contributed by atoms with Crippen molar-refractivity contribution in [1.82, 2.24) is 0 Å². The number of carbonyl (C=O) groups is 2. The first-order valence-electron chi connectivity index (χ1n) is 5.06. The van der Waals surface area contributed by atoms with Crippen LogP contribution in [0.4, 0.5) is 0 Å². The van der Waals surface area contributed by atoms with Crippen molar-refractivity contribution >= 4 is 11.7 Å². The maximum absolute atomic E-state index is 11.2. The van der Waals surface area contributed by atoms with Crippen LogP contribution in [0.3, 0.4) is 0 Å². The molecule has 1 aromatic rings. The Balaban J connectivity index is 1.91. The van der Waals surface area contributed by atoms with Gasteiger partial charge in [-0.15, -0.1) is 0 Å².